The van der Waals surface area contributed by atoms with E-state index in [1.54, 1.807) is 12.3 Å². The Labute approximate surface area is 108 Å². The summed E-state index contributed by atoms with van der Waals surface area (Å²) in [6.07, 6.45) is 4.23. The van der Waals surface area contributed by atoms with Crippen molar-refractivity contribution in [3.05, 3.63) is 33.7 Å². The molecule has 0 bridgehead atoms. The molecule has 1 N–H and O–H groups in total. The number of allylic oxidation sites excluding steroid dienone is 1. The standard InChI is InChI=1S/C11H14BrN3O2/c1-2-4-15-11(16)10(12)9(6-13-15)14-8-3-5-17-7-8/h2,6,8,14H,1,3-5,7H2. The Morgan fingerprint density at radius 2 is 2.59 bits per heavy atom. The van der Waals surface area contributed by atoms with E-state index >= 15 is 0 Å². The van der Waals surface area contributed by atoms with Gasteiger partial charge in [0.1, 0.15) is 4.47 Å². The van der Waals surface area contributed by atoms with E-state index < -0.39 is 0 Å². The van der Waals surface area contributed by atoms with Gasteiger partial charge in [-0.3, -0.25) is 4.79 Å². The molecular formula is C11H14BrN3O2. The Balaban J connectivity index is 2.20. The molecule has 92 valence electrons. The van der Waals surface area contributed by atoms with E-state index in [2.05, 4.69) is 32.9 Å². The average molecular weight is 300 g/mol. The van der Waals surface area contributed by atoms with Crippen molar-refractivity contribution in [3.63, 3.8) is 0 Å². The van der Waals surface area contributed by atoms with E-state index in [1.165, 1.54) is 4.68 Å². The Hall–Kier alpha value is -1.14. The van der Waals surface area contributed by atoms with Crippen LogP contribution in [0.1, 0.15) is 6.42 Å². The summed E-state index contributed by atoms with van der Waals surface area (Å²) in [5, 5.41) is 7.32. The maximum Gasteiger partial charge on any atom is 0.283 e. The predicted octanol–water partition coefficient (Wildman–Crippen LogP) is 1.39. The van der Waals surface area contributed by atoms with Gasteiger partial charge < -0.3 is 10.1 Å². The molecule has 1 fully saturated rings. The van der Waals surface area contributed by atoms with Crippen molar-refractivity contribution in [2.45, 2.75) is 19.0 Å². The summed E-state index contributed by atoms with van der Waals surface area (Å²) in [5.41, 5.74) is 0.555. The summed E-state index contributed by atoms with van der Waals surface area (Å²) in [6, 6.07) is 0.253. The van der Waals surface area contributed by atoms with Crippen LogP contribution in [0.25, 0.3) is 0 Å². The highest BCUT2D eigenvalue weighted by Crippen LogP contribution is 2.19. The summed E-state index contributed by atoms with van der Waals surface area (Å²) >= 11 is 3.30. The summed E-state index contributed by atoms with van der Waals surface area (Å²) < 4.78 is 7.12. The van der Waals surface area contributed by atoms with Crippen LogP contribution < -0.4 is 10.9 Å². The van der Waals surface area contributed by atoms with Crippen LogP contribution in [0.5, 0.6) is 0 Å². The van der Waals surface area contributed by atoms with Gasteiger partial charge >= 0.3 is 0 Å². The van der Waals surface area contributed by atoms with Crippen LogP contribution in [0.3, 0.4) is 0 Å². The zero-order chi connectivity index (χ0) is 12.3. The number of hydrogen-bond acceptors (Lipinski definition) is 4. The topological polar surface area (TPSA) is 56.1 Å². The van der Waals surface area contributed by atoms with Gasteiger partial charge in [-0.15, -0.1) is 6.58 Å². The van der Waals surface area contributed by atoms with Gasteiger partial charge in [0.25, 0.3) is 5.56 Å². The maximum absolute atomic E-state index is 11.9. The molecule has 5 nitrogen and oxygen atoms in total. The first-order valence-electron chi connectivity index (χ1n) is 5.43. The highest BCUT2D eigenvalue weighted by molar-refractivity contribution is 9.10. The Kier molecular flexibility index (Phi) is 3.96. The van der Waals surface area contributed by atoms with Crippen molar-refractivity contribution in [1.82, 2.24) is 9.78 Å². The third-order valence-corrected chi connectivity index (χ3v) is 3.34. The molecule has 6 heteroatoms. The number of hydrogen-bond donors (Lipinski definition) is 1. The molecular weight excluding hydrogens is 286 g/mol. The minimum absolute atomic E-state index is 0.159. The van der Waals surface area contributed by atoms with Crippen LogP contribution in [0, 0.1) is 0 Å². The number of aromatic nitrogens is 2. The van der Waals surface area contributed by atoms with E-state index in [0.717, 1.165) is 13.0 Å². The molecule has 1 atom stereocenters. The fourth-order valence-corrected chi connectivity index (χ4v) is 2.11. The molecule has 0 amide bonds. The lowest BCUT2D eigenvalue weighted by Gasteiger charge is -2.13. The summed E-state index contributed by atoms with van der Waals surface area (Å²) in [4.78, 5) is 11.9. The van der Waals surface area contributed by atoms with E-state index in [1.807, 2.05) is 0 Å². The van der Waals surface area contributed by atoms with Gasteiger partial charge in [-0.1, -0.05) is 6.08 Å². The van der Waals surface area contributed by atoms with Gasteiger partial charge in [-0.25, -0.2) is 4.68 Å². The minimum Gasteiger partial charge on any atom is -0.379 e. The lowest BCUT2D eigenvalue weighted by atomic mass is 10.2. The molecule has 0 radical (unpaired) electrons. The molecule has 1 aromatic heterocycles. The molecule has 2 rings (SSSR count). The third-order valence-electron chi connectivity index (χ3n) is 2.58. The van der Waals surface area contributed by atoms with Crippen LogP contribution in [0.15, 0.2) is 28.1 Å². The monoisotopic (exact) mass is 299 g/mol. The first-order valence-corrected chi connectivity index (χ1v) is 6.22. The Morgan fingerprint density at radius 3 is 3.24 bits per heavy atom. The third kappa shape index (κ3) is 2.76. The van der Waals surface area contributed by atoms with Crippen molar-refractivity contribution >= 4 is 21.6 Å². The van der Waals surface area contributed by atoms with Gasteiger partial charge in [-0.2, -0.15) is 5.10 Å². The second kappa shape index (κ2) is 5.46. The number of nitrogens with zero attached hydrogens (tertiary/aromatic N) is 2. The van der Waals surface area contributed by atoms with Crippen molar-refractivity contribution in [1.29, 1.82) is 0 Å². The molecule has 0 saturated carbocycles. The fourth-order valence-electron chi connectivity index (χ4n) is 1.69. The van der Waals surface area contributed by atoms with Crippen LogP contribution in [-0.2, 0) is 11.3 Å². The number of nitrogens with one attached hydrogen (secondary N) is 1. The normalized spacial score (nSPS) is 19.2. The van der Waals surface area contributed by atoms with Gasteiger partial charge in [0.05, 0.1) is 31.1 Å². The molecule has 17 heavy (non-hydrogen) atoms. The SMILES string of the molecule is C=CCn1ncc(NC2CCOC2)c(Br)c1=O. The van der Waals surface area contributed by atoms with Crippen LogP contribution in [-0.4, -0.2) is 29.0 Å². The second-order valence-corrected chi connectivity index (χ2v) is 4.65. The average Bonchev–Trinajstić information content (AvgIpc) is 2.82. The van der Waals surface area contributed by atoms with Gasteiger partial charge in [0.15, 0.2) is 0 Å². The summed E-state index contributed by atoms with van der Waals surface area (Å²) in [7, 11) is 0. The zero-order valence-corrected chi connectivity index (χ0v) is 10.9. The zero-order valence-electron chi connectivity index (χ0n) is 9.36. The summed E-state index contributed by atoms with van der Waals surface area (Å²) in [5.74, 6) is 0. The van der Waals surface area contributed by atoms with Crippen molar-refractivity contribution < 1.29 is 4.74 Å². The molecule has 1 aliphatic heterocycles. The number of anilines is 1. The second-order valence-electron chi connectivity index (χ2n) is 3.85. The van der Waals surface area contributed by atoms with Crippen molar-refractivity contribution in [2.75, 3.05) is 18.5 Å². The minimum atomic E-state index is -0.159. The van der Waals surface area contributed by atoms with Crippen molar-refractivity contribution in [2.24, 2.45) is 0 Å². The largest absolute Gasteiger partial charge is 0.379 e. The maximum atomic E-state index is 11.9. The predicted molar refractivity (Wildman–Crippen MR) is 69.2 cm³/mol. The fraction of sp³-hybridized carbons (Fsp3) is 0.455. The van der Waals surface area contributed by atoms with Gasteiger partial charge in [0, 0.05) is 6.61 Å². The lowest BCUT2D eigenvalue weighted by Crippen LogP contribution is -2.26. The smallest absolute Gasteiger partial charge is 0.283 e. The molecule has 2 heterocycles. The quantitative estimate of drug-likeness (QED) is 0.854. The number of halogens is 1. The van der Waals surface area contributed by atoms with Crippen LogP contribution >= 0.6 is 15.9 Å². The van der Waals surface area contributed by atoms with Crippen LogP contribution in [0.2, 0.25) is 0 Å². The Bertz CT molecular complexity index is 466. The first kappa shape index (κ1) is 12.3. The molecule has 1 saturated heterocycles. The van der Waals surface area contributed by atoms with Gasteiger partial charge in [0.2, 0.25) is 0 Å². The van der Waals surface area contributed by atoms with E-state index in [4.69, 9.17) is 4.74 Å². The van der Waals surface area contributed by atoms with Crippen molar-refractivity contribution in [3.8, 4) is 0 Å². The molecule has 0 aliphatic carbocycles. The first-order chi connectivity index (χ1) is 8.22. The lowest BCUT2D eigenvalue weighted by molar-refractivity contribution is 0.195. The molecule has 0 spiro atoms. The molecule has 1 aliphatic rings. The van der Waals surface area contributed by atoms with E-state index in [9.17, 15) is 4.79 Å². The van der Waals surface area contributed by atoms with Gasteiger partial charge in [-0.05, 0) is 22.4 Å². The number of rotatable bonds is 4. The molecule has 1 unspecified atom stereocenters. The van der Waals surface area contributed by atoms with Crippen LogP contribution in [0.4, 0.5) is 5.69 Å². The highest BCUT2D eigenvalue weighted by Gasteiger charge is 2.17. The molecule has 1 aromatic rings. The number of ether oxygens (including phenoxy) is 1. The molecule has 0 aromatic carbocycles. The highest BCUT2D eigenvalue weighted by atomic mass is 79.9. The van der Waals surface area contributed by atoms with E-state index in [0.29, 0.717) is 23.3 Å². The van der Waals surface area contributed by atoms with E-state index in [-0.39, 0.29) is 11.6 Å². The Morgan fingerprint density at radius 1 is 1.76 bits per heavy atom. The summed E-state index contributed by atoms with van der Waals surface area (Å²) in [6.45, 7) is 5.42.